The van der Waals surface area contributed by atoms with E-state index in [0.717, 1.165) is 0 Å². The zero-order chi connectivity index (χ0) is 12.2. The van der Waals surface area contributed by atoms with Gasteiger partial charge in [0.2, 0.25) is 0 Å². The summed E-state index contributed by atoms with van der Waals surface area (Å²) in [6.07, 6.45) is -10.4. The van der Waals surface area contributed by atoms with Gasteiger partial charge in [0.15, 0.2) is 0 Å². The largest absolute Gasteiger partial charge is 2.00 e. The second-order valence-electron chi connectivity index (χ2n) is 1.57. The molecule has 0 aromatic heterocycles. The van der Waals surface area contributed by atoms with Crippen molar-refractivity contribution in [2.45, 2.75) is 12.4 Å². The van der Waals surface area contributed by atoms with Crippen LogP contribution in [0.5, 0.6) is 0 Å². The first-order chi connectivity index (χ1) is 5.89. The molecule has 0 aromatic rings. The maximum Gasteiger partial charge on any atom is 2.00 e. The number of carboxylic acid groups (broad SMARTS) is 2. The van der Waals surface area contributed by atoms with Crippen molar-refractivity contribution in [3.8, 4) is 0 Å². The summed E-state index contributed by atoms with van der Waals surface area (Å²) >= 11 is 0. The zero-order valence-electron chi connectivity index (χ0n) is 8.22. The van der Waals surface area contributed by atoms with E-state index in [9.17, 15) is 26.3 Å². The van der Waals surface area contributed by atoms with E-state index >= 15 is 0 Å². The smallest absolute Gasteiger partial charge is 0.542 e. The number of alkyl halides is 6. The Bertz CT molecular complexity index is 202. The van der Waals surface area contributed by atoms with Crippen LogP contribution < -0.4 is 10.2 Å². The van der Waals surface area contributed by atoms with Crippen LogP contribution in [0.4, 0.5) is 26.3 Å². The number of aliphatic carboxylic acids is 2. The SMILES string of the molecule is O.O.O.O.O=C([O-])C(F)(F)F.O=C([O-])C(F)(F)F.[Ni+2]. The van der Waals surface area contributed by atoms with Crippen LogP contribution in [-0.4, -0.2) is 46.2 Å². The van der Waals surface area contributed by atoms with Gasteiger partial charge in [0, 0.05) is 0 Å². The topological polar surface area (TPSA) is 206 Å². The third kappa shape index (κ3) is 31.6. The van der Waals surface area contributed by atoms with Crippen LogP contribution >= 0.6 is 0 Å². The van der Waals surface area contributed by atoms with E-state index in [2.05, 4.69) is 0 Å². The Hall–Kier alpha value is -1.15. The fourth-order valence-corrected chi connectivity index (χ4v) is 0. The van der Waals surface area contributed by atoms with Crippen LogP contribution in [0.2, 0.25) is 0 Å². The fourth-order valence-electron chi connectivity index (χ4n) is 0. The Balaban J connectivity index is -0.0000000240. The van der Waals surface area contributed by atoms with E-state index in [-0.39, 0.29) is 38.4 Å². The van der Waals surface area contributed by atoms with Crippen molar-refractivity contribution in [3.63, 3.8) is 0 Å². The van der Waals surface area contributed by atoms with Crippen molar-refractivity contribution in [3.05, 3.63) is 0 Å². The molecule has 0 saturated carbocycles. The minimum Gasteiger partial charge on any atom is -0.542 e. The molecule has 0 unspecified atom stereocenters. The van der Waals surface area contributed by atoms with E-state index in [1.54, 1.807) is 0 Å². The van der Waals surface area contributed by atoms with Gasteiger partial charge in [-0.15, -0.1) is 0 Å². The van der Waals surface area contributed by atoms with Gasteiger partial charge in [0.1, 0.15) is 11.9 Å². The molecule has 0 aliphatic heterocycles. The standard InChI is InChI=1S/2C2HF3O2.Ni.4H2O/c2*3-2(4,5)1(6)7;;;;;/h2*(H,6,7);;4*1H2/q;;+2;;;;/p-2. The Kier molecular flexibility index (Phi) is 33.8. The molecule has 0 aliphatic carbocycles. The minimum absolute atomic E-state index is 0. The van der Waals surface area contributed by atoms with Crippen LogP contribution in [0.3, 0.4) is 0 Å². The zero-order valence-corrected chi connectivity index (χ0v) is 9.20. The first-order valence-electron chi connectivity index (χ1n) is 2.45. The summed E-state index contributed by atoms with van der Waals surface area (Å²) in [6, 6.07) is 0. The normalized spacial score (nSPS) is 8.32. The van der Waals surface area contributed by atoms with Crippen molar-refractivity contribution >= 4 is 11.9 Å². The summed E-state index contributed by atoms with van der Waals surface area (Å²) in [5, 5.41) is 17.6. The monoisotopic (exact) mass is 356 g/mol. The van der Waals surface area contributed by atoms with Gasteiger partial charge in [0.05, 0.1) is 0 Å². The second-order valence-corrected chi connectivity index (χ2v) is 1.57. The molecule has 0 aromatic carbocycles. The van der Waals surface area contributed by atoms with Crippen LogP contribution in [0.25, 0.3) is 0 Å². The number of carboxylic acids is 2. The van der Waals surface area contributed by atoms with Gasteiger partial charge in [-0.1, -0.05) is 0 Å². The molecular formula is C4H8F6NiO8. The average molecular weight is 357 g/mol. The fraction of sp³-hybridized carbons (Fsp3) is 0.500. The molecule has 124 valence electrons. The molecular weight excluding hydrogens is 349 g/mol. The van der Waals surface area contributed by atoms with Crippen molar-refractivity contribution in [1.82, 2.24) is 0 Å². The predicted octanol–water partition coefficient (Wildman–Crippen LogP) is -4.70. The molecule has 8 nitrogen and oxygen atoms in total. The van der Waals surface area contributed by atoms with Gasteiger partial charge >= 0.3 is 28.8 Å². The molecule has 0 aliphatic rings. The van der Waals surface area contributed by atoms with Crippen LogP contribution in [0.1, 0.15) is 0 Å². The minimum atomic E-state index is -5.19. The molecule has 0 amide bonds. The molecule has 0 saturated heterocycles. The molecule has 0 spiro atoms. The summed E-state index contributed by atoms with van der Waals surface area (Å²) in [5.74, 6) is -6.01. The van der Waals surface area contributed by atoms with Gasteiger partial charge < -0.3 is 41.7 Å². The predicted molar refractivity (Wildman–Crippen MR) is 36.6 cm³/mol. The summed E-state index contributed by atoms with van der Waals surface area (Å²) < 4.78 is 63.1. The third-order valence-electron chi connectivity index (χ3n) is 0.463. The van der Waals surface area contributed by atoms with Crippen LogP contribution in [0, 0.1) is 0 Å². The second kappa shape index (κ2) is 14.9. The van der Waals surface area contributed by atoms with Crippen molar-refractivity contribution in [2.24, 2.45) is 0 Å². The van der Waals surface area contributed by atoms with E-state index in [4.69, 9.17) is 19.8 Å². The van der Waals surface area contributed by atoms with E-state index in [0.29, 0.717) is 0 Å². The molecule has 0 heterocycles. The van der Waals surface area contributed by atoms with Gasteiger partial charge in [-0.3, -0.25) is 0 Å². The Labute approximate surface area is 110 Å². The molecule has 19 heavy (non-hydrogen) atoms. The number of carbonyl (C=O) groups is 2. The Morgan fingerprint density at radius 2 is 0.684 bits per heavy atom. The van der Waals surface area contributed by atoms with Gasteiger partial charge in [0.25, 0.3) is 0 Å². The van der Waals surface area contributed by atoms with Gasteiger partial charge in [-0.25, -0.2) is 0 Å². The Morgan fingerprint density at radius 1 is 0.632 bits per heavy atom. The third-order valence-corrected chi connectivity index (χ3v) is 0.463. The molecule has 0 bridgehead atoms. The summed E-state index contributed by atoms with van der Waals surface area (Å²) in [4.78, 5) is 17.6. The van der Waals surface area contributed by atoms with E-state index in [1.807, 2.05) is 0 Å². The van der Waals surface area contributed by atoms with Crippen LogP contribution in [0.15, 0.2) is 0 Å². The number of rotatable bonds is 0. The van der Waals surface area contributed by atoms with Gasteiger partial charge in [-0.2, -0.15) is 26.3 Å². The summed E-state index contributed by atoms with van der Waals surface area (Å²) in [6.45, 7) is 0. The first-order valence-corrected chi connectivity index (χ1v) is 2.45. The van der Waals surface area contributed by atoms with Crippen LogP contribution in [-0.2, 0) is 26.1 Å². The molecule has 15 heteroatoms. The maximum atomic E-state index is 10.5. The average Bonchev–Trinajstić information content (AvgIpc) is 1.83. The number of hydrogen-bond acceptors (Lipinski definition) is 4. The number of halogens is 6. The summed E-state index contributed by atoms with van der Waals surface area (Å²) in [7, 11) is 0. The van der Waals surface area contributed by atoms with Crippen molar-refractivity contribution in [2.75, 3.05) is 0 Å². The molecule has 0 radical (unpaired) electrons. The van der Waals surface area contributed by atoms with Crippen molar-refractivity contribution in [1.29, 1.82) is 0 Å². The maximum absolute atomic E-state index is 10.5. The van der Waals surface area contributed by atoms with Crippen molar-refractivity contribution < 1.29 is 84.5 Å². The summed E-state index contributed by atoms with van der Waals surface area (Å²) in [5.41, 5.74) is 0. The number of hydrogen-bond donors (Lipinski definition) is 0. The molecule has 8 N–H and O–H groups in total. The quantitative estimate of drug-likeness (QED) is 0.309. The first kappa shape index (κ1) is 43.0. The van der Waals surface area contributed by atoms with E-state index < -0.39 is 24.3 Å². The van der Waals surface area contributed by atoms with E-state index in [1.165, 1.54) is 0 Å². The number of carbonyl (C=O) groups excluding carboxylic acids is 2. The molecule has 0 fully saturated rings. The molecule has 0 rings (SSSR count). The molecule has 0 atom stereocenters. The Morgan fingerprint density at radius 3 is 0.684 bits per heavy atom. The van der Waals surface area contributed by atoms with Gasteiger partial charge in [-0.05, 0) is 0 Å².